The van der Waals surface area contributed by atoms with Gasteiger partial charge in [-0.25, -0.2) is 4.98 Å². The van der Waals surface area contributed by atoms with Crippen LogP contribution in [0.1, 0.15) is 122 Å². The first-order valence-corrected chi connectivity index (χ1v) is 21.6. The summed E-state index contributed by atoms with van der Waals surface area (Å²) in [6, 6.07) is 10.7. The molecule has 0 radical (unpaired) electrons. The maximum atomic E-state index is 13.1. The number of nitrogens with zero attached hydrogens (tertiary/aromatic N) is 2. The van der Waals surface area contributed by atoms with Gasteiger partial charge >= 0.3 is 5.97 Å². The summed E-state index contributed by atoms with van der Waals surface area (Å²) >= 11 is 24.5. The van der Waals surface area contributed by atoms with E-state index in [1.54, 1.807) is 43.7 Å². The summed E-state index contributed by atoms with van der Waals surface area (Å²) < 4.78 is 14.2. The average Bonchev–Trinajstić information content (AvgIpc) is 3.77. The third-order valence-corrected chi connectivity index (χ3v) is 14.8. The molecular weight excluding hydrogens is 790 g/mol. The lowest BCUT2D eigenvalue weighted by Gasteiger charge is -2.59. The van der Waals surface area contributed by atoms with Crippen molar-refractivity contribution in [2.45, 2.75) is 130 Å². The Morgan fingerprint density at radius 1 is 0.929 bits per heavy atom. The van der Waals surface area contributed by atoms with Crippen molar-refractivity contribution in [2.24, 2.45) is 28.6 Å². The topological polar surface area (TPSA) is 87.5 Å². The number of imidazole rings is 1. The number of aromatic nitrogens is 2. The molecular formula is C45H54Cl4N2O5. The molecule has 4 aliphatic rings. The van der Waals surface area contributed by atoms with E-state index in [1.165, 1.54) is 5.57 Å². The second-order valence-electron chi connectivity index (χ2n) is 16.7. The van der Waals surface area contributed by atoms with Crippen molar-refractivity contribution in [1.82, 2.24) is 9.55 Å². The molecule has 11 heteroatoms. The van der Waals surface area contributed by atoms with Gasteiger partial charge in [0.1, 0.15) is 6.10 Å². The van der Waals surface area contributed by atoms with Crippen LogP contribution in [0.15, 0.2) is 66.8 Å². The van der Waals surface area contributed by atoms with E-state index in [9.17, 15) is 14.4 Å². The van der Waals surface area contributed by atoms with Crippen LogP contribution in [0.3, 0.4) is 0 Å². The molecule has 0 N–H and O–H groups in total. The van der Waals surface area contributed by atoms with E-state index in [0.717, 1.165) is 68.9 Å². The first-order valence-electron chi connectivity index (χ1n) is 20.1. The molecule has 302 valence electrons. The normalized spacial score (nSPS) is 28.5. The van der Waals surface area contributed by atoms with E-state index in [-0.39, 0.29) is 34.5 Å². The molecule has 56 heavy (non-hydrogen) atoms. The lowest BCUT2D eigenvalue weighted by Crippen LogP contribution is -2.58. The fourth-order valence-electron chi connectivity index (χ4n) is 10.6. The van der Waals surface area contributed by atoms with Crippen molar-refractivity contribution in [3.63, 3.8) is 0 Å². The van der Waals surface area contributed by atoms with E-state index in [1.807, 2.05) is 29.0 Å². The van der Waals surface area contributed by atoms with Crippen LogP contribution in [0.5, 0.6) is 0 Å². The molecule has 3 saturated carbocycles. The number of allylic oxidation sites excluding steroid dienone is 1. The van der Waals surface area contributed by atoms with Gasteiger partial charge in [0.05, 0.1) is 19.5 Å². The number of ether oxygens (including phenoxy) is 2. The fraction of sp³-hybridized carbons (Fsp3) is 0.556. The Balaban J connectivity index is 0.000000194. The highest BCUT2D eigenvalue weighted by Gasteiger charge is 2.67. The van der Waals surface area contributed by atoms with Gasteiger partial charge < -0.3 is 14.0 Å². The van der Waals surface area contributed by atoms with Crippen LogP contribution in [-0.2, 0) is 37.0 Å². The fourth-order valence-corrected chi connectivity index (χ4v) is 11.6. The summed E-state index contributed by atoms with van der Waals surface area (Å²) in [6.45, 7) is 9.26. The first kappa shape index (κ1) is 42.9. The van der Waals surface area contributed by atoms with E-state index in [0.29, 0.717) is 70.3 Å². The van der Waals surface area contributed by atoms with E-state index in [4.69, 9.17) is 55.9 Å². The second-order valence-corrected chi connectivity index (χ2v) is 18.4. The third-order valence-electron chi connectivity index (χ3n) is 13.6. The Bertz CT molecular complexity index is 1930. The lowest BCUT2D eigenvalue weighted by molar-refractivity contribution is -0.189. The molecule has 0 amide bonds. The van der Waals surface area contributed by atoms with Gasteiger partial charge in [0.15, 0.2) is 17.2 Å². The number of carbonyl (C=O) groups is 3. The van der Waals surface area contributed by atoms with Gasteiger partial charge in [0.25, 0.3) is 0 Å². The van der Waals surface area contributed by atoms with Gasteiger partial charge in [0, 0.05) is 56.3 Å². The first-order chi connectivity index (χ1) is 26.7. The maximum Gasteiger partial charge on any atom is 0.306 e. The minimum Gasteiger partial charge on any atom is -0.450 e. The molecule has 3 fully saturated rings. The van der Waals surface area contributed by atoms with Crippen LogP contribution in [0, 0.1) is 28.6 Å². The monoisotopic (exact) mass is 842 g/mol. The second kappa shape index (κ2) is 18.1. The molecule has 7 atom stereocenters. The number of Topliss-reactive ketones (excluding diaryl/α,β-unsaturated/α-hetero) is 1. The van der Waals surface area contributed by atoms with E-state index in [2.05, 4.69) is 25.8 Å². The molecule has 7 rings (SSSR count). The standard InChI is InChI=1S/C27H40O4.C18H14Cl4N2O/c1-5-6-7-8-24(30)31-27(18(2)28)16-13-23-21-10-9-19-17-20(29)11-14-25(19,3)22(21)12-15-26(23,27)4;19-13-2-1-12(16(21)7-13)10-25-18(9-24-6-5-23-11-24)15-4-3-14(20)8-17(15)22/h17,21-23H,5-16H2,1-4H3;1-8,11,18H,9-10H2/t21-,22+,23+,25+,26+,27+;/m1./s1. The Morgan fingerprint density at radius 3 is 2.34 bits per heavy atom. The zero-order chi connectivity index (χ0) is 40.3. The number of fused-ring (bicyclic) bond motifs is 5. The predicted octanol–water partition coefficient (Wildman–Crippen LogP) is 12.4. The lowest BCUT2D eigenvalue weighted by atomic mass is 9.46. The number of unbranched alkanes of at least 4 members (excludes halogenated alkanes) is 2. The van der Waals surface area contributed by atoms with Gasteiger partial charge in [0.2, 0.25) is 0 Å². The molecule has 1 unspecified atom stereocenters. The smallest absolute Gasteiger partial charge is 0.306 e. The molecule has 1 aromatic heterocycles. The highest BCUT2D eigenvalue weighted by atomic mass is 35.5. The van der Waals surface area contributed by atoms with Crippen molar-refractivity contribution in [3.8, 4) is 0 Å². The summed E-state index contributed by atoms with van der Waals surface area (Å²) in [5, 5.41) is 2.29. The molecule has 1 heterocycles. The van der Waals surface area contributed by atoms with Crippen LogP contribution < -0.4 is 0 Å². The van der Waals surface area contributed by atoms with E-state index >= 15 is 0 Å². The molecule has 2 aromatic carbocycles. The highest BCUT2D eigenvalue weighted by molar-refractivity contribution is 6.35. The minimum absolute atomic E-state index is 0.0330. The number of ketones is 2. The number of carbonyl (C=O) groups excluding carboxylic acids is 3. The molecule has 0 bridgehead atoms. The van der Waals surface area contributed by atoms with Crippen LogP contribution >= 0.6 is 46.4 Å². The summed E-state index contributed by atoms with van der Waals surface area (Å²) in [7, 11) is 0. The van der Waals surface area contributed by atoms with Gasteiger partial charge in [-0.05, 0) is 117 Å². The Labute approximate surface area is 351 Å². The van der Waals surface area contributed by atoms with Crippen LogP contribution in [0.2, 0.25) is 20.1 Å². The molecule has 0 aliphatic heterocycles. The van der Waals surface area contributed by atoms with Gasteiger partial charge in [-0.1, -0.05) is 97.7 Å². The molecule has 4 aliphatic carbocycles. The minimum atomic E-state index is -0.953. The summed E-state index contributed by atoms with van der Waals surface area (Å²) in [4.78, 5) is 41.9. The largest absolute Gasteiger partial charge is 0.450 e. The molecule has 3 aromatic rings. The number of esters is 1. The molecule has 0 spiro atoms. The average molecular weight is 845 g/mol. The van der Waals surface area contributed by atoms with Gasteiger partial charge in [-0.3, -0.25) is 14.4 Å². The van der Waals surface area contributed by atoms with Gasteiger partial charge in [-0.2, -0.15) is 0 Å². The number of rotatable bonds is 12. The third kappa shape index (κ3) is 8.83. The maximum absolute atomic E-state index is 13.1. The van der Waals surface area contributed by atoms with Crippen molar-refractivity contribution in [3.05, 3.63) is 98.0 Å². The number of halogens is 4. The predicted molar refractivity (Wildman–Crippen MR) is 223 cm³/mol. The van der Waals surface area contributed by atoms with Crippen LogP contribution in [-0.4, -0.2) is 32.7 Å². The van der Waals surface area contributed by atoms with Crippen molar-refractivity contribution >= 4 is 63.9 Å². The van der Waals surface area contributed by atoms with Crippen molar-refractivity contribution in [2.75, 3.05) is 0 Å². The summed E-state index contributed by atoms with van der Waals surface area (Å²) in [6.07, 6.45) is 17.7. The number of benzene rings is 2. The molecule has 0 saturated heterocycles. The Hall–Kier alpha value is -2.68. The zero-order valence-electron chi connectivity index (χ0n) is 32.9. The SMILES string of the molecule is CCCCCC(=O)O[C@]1(C(C)=O)CC[C@H]2[C@@H]3CCC4=CC(=O)CC[C@]4(C)[C@H]3CC[C@@]21C.Clc1ccc(COC(Cn2ccnc2)c2ccc(Cl)cc2Cl)c(Cl)c1. The van der Waals surface area contributed by atoms with Crippen LogP contribution in [0.4, 0.5) is 0 Å². The highest BCUT2D eigenvalue weighted by Crippen LogP contribution is 2.68. The molecule has 7 nitrogen and oxygen atoms in total. The Kier molecular flexibility index (Phi) is 13.8. The van der Waals surface area contributed by atoms with Crippen molar-refractivity contribution < 1.29 is 23.9 Å². The quantitative estimate of drug-likeness (QED) is 0.133. The van der Waals surface area contributed by atoms with Crippen molar-refractivity contribution in [1.29, 1.82) is 0 Å². The zero-order valence-corrected chi connectivity index (χ0v) is 36.0. The summed E-state index contributed by atoms with van der Waals surface area (Å²) in [5.41, 5.74) is 1.97. The number of hydrogen-bond acceptors (Lipinski definition) is 6. The summed E-state index contributed by atoms with van der Waals surface area (Å²) in [5.74, 6) is 1.66. The number of hydrogen-bond donors (Lipinski definition) is 0. The Morgan fingerprint density at radius 2 is 1.66 bits per heavy atom. The van der Waals surface area contributed by atoms with E-state index < -0.39 is 5.60 Å². The van der Waals surface area contributed by atoms with Crippen LogP contribution in [0.25, 0.3) is 0 Å². The van der Waals surface area contributed by atoms with Gasteiger partial charge in [-0.15, -0.1) is 0 Å².